The minimum atomic E-state index is -0.993. The van der Waals surface area contributed by atoms with Crippen LogP contribution in [0.2, 0.25) is 0 Å². The number of piperazine rings is 1. The van der Waals surface area contributed by atoms with Crippen molar-refractivity contribution in [1.82, 2.24) is 20.3 Å². The molecule has 1 fully saturated rings. The molecule has 2 heterocycles. The fourth-order valence-corrected chi connectivity index (χ4v) is 3.00. The molecule has 0 atom stereocenters. The van der Waals surface area contributed by atoms with E-state index in [-0.39, 0.29) is 30.5 Å². The Morgan fingerprint density at radius 2 is 1.87 bits per heavy atom. The van der Waals surface area contributed by atoms with Gasteiger partial charge in [0.15, 0.2) is 5.82 Å². The summed E-state index contributed by atoms with van der Waals surface area (Å²) >= 11 is 0. The minimum Gasteiger partial charge on any atom is -0.360 e. The second-order valence-corrected chi connectivity index (χ2v) is 6.83. The van der Waals surface area contributed by atoms with E-state index in [1.807, 2.05) is 4.90 Å². The molecule has 1 aromatic heterocycles. The lowest BCUT2D eigenvalue weighted by atomic mass is 10.2. The highest BCUT2D eigenvalue weighted by atomic mass is 19.1. The fraction of sp³-hybridized carbons (Fsp3) is 0.368. The van der Waals surface area contributed by atoms with Crippen LogP contribution in [0.3, 0.4) is 0 Å². The van der Waals surface area contributed by atoms with Crippen LogP contribution < -0.4 is 10.6 Å². The Hall–Kier alpha value is -3.34. The van der Waals surface area contributed by atoms with Crippen LogP contribution in [0.25, 0.3) is 0 Å². The van der Waals surface area contributed by atoms with Gasteiger partial charge in [0.05, 0.1) is 18.7 Å². The summed E-state index contributed by atoms with van der Waals surface area (Å²) in [5.74, 6) is -2.20. The lowest BCUT2D eigenvalue weighted by molar-refractivity contribution is -0.132. The van der Waals surface area contributed by atoms with Crippen molar-refractivity contribution >= 4 is 23.5 Å². The summed E-state index contributed by atoms with van der Waals surface area (Å²) in [5, 5.41) is 8.67. The second-order valence-electron chi connectivity index (χ2n) is 6.83. The van der Waals surface area contributed by atoms with Gasteiger partial charge in [-0.3, -0.25) is 19.3 Å². The predicted molar refractivity (Wildman–Crippen MR) is 102 cm³/mol. The quantitative estimate of drug-likeness (QED) is 0.714. The fourth-order valence-electron chi connectivity index (χ4n) is 3.00. The van der Waals surface area contributed by atoms with Gasteiger partial charge in [-0.15, -0.1) is 0 Å². The summed E-state index contributed by atoms with van der Waals surface area (Å²) in [5.41, 5.74) is -0.331. The Morgan fingerprint density at radius 1 is 1.13 bits per heavy atom. The van der Waals surface area contributed by atoms with E-state index in [0.29, 0.717) is 43.8 Å². The molecule has 160 valence electrons. The molecular formula is C19H21F2N5O4. The maximum Gasteiger partial charge on any atom is 0.254 e. The maximum absolute atomic E-state index is 13.6. The van der Waals surface area contributed by atoms with Crippen LogP contribution in [0.4, 0.5) is 14.6 Å². The van der Waals surface area contributed by atoms with Gasteiger partial charge >= 0.3 is 0 Å². The van der Waals surface area contributed by atoms with Crippen molar-refractivity contribution in [3.63, 3.8) is 0 Å². The largest absolute Gasteiger partial charge is 0.360 e. The molecule has 9 nitrogen and oxygen atoms in total. The van der Waals surface area contributed by atoms with Crippen molar-refractivity contribution in [2.24, 2.45) is 0 Å². The van der Waals surface area contributed by atoms with Crippen molar-refractivity contribution in [2.45, 2.75) is 6.92 Å². The third-order valence-corrected chi connectivity index (χ3v) is 4.56. The molecule has 0 unspecified atom stereocenters. The van der Waals surface area contributed by atoms with Gasteiger partial charge in [0.1, 0.15) is 17.4 Å². The van der Waals surface area contributed by atoms with Crippen molar-refractivity contribution in [3.8, 4) is 0 Å². The number of hydrogen-bond acceptors (Lipinski definition) is 6. The molecule has 3 rings (SSSR count). The molecule has 0 radical (unpaired) electrons. The zero-order valence-electron chi connectivity index (χ0n) is 16.3. The summed E-state index contributed by atoms with van der Waals surface area (Å²) in [6.45, 7) is 3.30. The number of aryl methyl sites for hydroxylation is 1. The van der Waals surface area contributed by atoms with E-state index < -0.39 is 17.5 Å². The zero-order valence-corrected chi connectivity index (χ0v) is 16.3. The van der Waals surface area contributed by atoms with E-state index in [1.165, 1.54) is 0 Å². The van der Waals surface area contributed by atoms with Gasteiger partial charge in [0.25, 0.3) is 5.91 Å². The van der Waals surface area contributed by atoms with E-state index in [9.17, 15) is 23.2 Å². The van der Waals surface area contributed by atoms with E-state index in [0.717, 1.165) is 12.1 Å². The summed E-state index contributed by atoms with van der Waals surface area (Å²) in [6, 6.07) is 4.21. The molecule has 1 aliphatic rings. The van der Waals surface area contributed by atoms with Crippen molar-refractivity contribution < 1.29 is 27.7 Å². The average molecular weight is 421 g/mol. The lowest BCUT2D eigenvalue weighted by Crippen LogP contribution is -2.52. The molecule has 1 saturated heterocycles. The molecule has 1 aliphatic heterocycles. The van der Waals surface area contributed by atoms with Crippen LogP contribution in [-0.4, -0.2) is 71.9 Å². The molecule has 3 amide bonds. The molecule has 0 spiro atoms. The number of amides is 3. The first-order chi connectivity index (χ1) is 14.3. The number of aromatic nitrogens is 1. The Bertz CT molecular complexity index is 941. The predicted octanol–water partition coefficient (Wildman–Crippen LogP) is 0.774. The van der Waals surface area contributed by atoms with Crippen LogP contribution in [0.15, 0.2) is 28.8 Å². The monoisotopic (exact) mass is 421 g/mol. The molecular weight excluding hydrogens is 400 g/mol. The Labute approximate surface area is 171 Å². The van der Waals surface area contributed by atoms with Gasteiger partial charge < -0.3 is 20.1 Å². The molecule has 0 saturated carbocycles. The van der Waals surface area contributed by atoms with Gasteiger partial charge in [0, 0.05) is 38.3 Å². The van der Waals surface area contributed by atoms with Gasteiger partial charge in [-0.05, 0) is 19.1 Å². The normalized spacial score (nSPS) is 14.4. The highest BCUT2D eigenvalue weighted by Crippen LogP contribution is 2.10. The molecule has 2 N–H and O–H groups in total. The lowest BCUT2D eigenvalue weighted by Gasteiger charge is -2.34. The van der Waals surface area contributed by atoms with Crippen LogP contribution in [-0.2, 0) is 9.59 Å². The van der Waals surface area contributed by atoms with Crippen LogP contribution >= 0.6 is 0 Å². The first-order valence-corrected chi connectivity index (χ1v) is 9.28. The third-order valence-electron chi connectivity index (χ3n) is 4.56. The zero-order chi connectivity index (χ0) is 21.7. The first kappa shape index (κ1) is 21.4. The molecule has 30 heavy (non-hydrogen) atoms. The van der Waals surface area contributed by atoms with E-state index in [2.05, 4.69) is 15.8 Å². The first-order valence-electron chi connectivity index (χ1n) is 9.28. The molecule has 2 aromatic rings. The van der Waals surface area contributed by atoms with E-state index in [1.54, 1.807) is 17.9 Å². The molecule has 0 bridgehead atoms. The van der Waals surface area contributed by atoms with Crippen LogP contribution in [0.1, 0.15) is 16.1 Å². The summed E-state index contributed by atoms with van der Waals surface area (Å²) in [6.07, 6.45) is 0. The van der Waals surface area contributed by atoms with Gasteiger partial charge in [0.2, 0.25) is 11.8 Å². The average Bonchev–Trinajstić information content (AvgIpc) is 3.10. The van der Waals surface area contributed by atoms with Crippen LogP contribution in [0, 0.1) is 18.6 Å². The van der Waals surface area contributed by atoms with E-state index in [4.69, 9.17) is 4.52 Å². The number of nitrogens with zero attached hydrogens (tertiary/aromatic N) is 3. The SMILES string of the molecule is Cc1cc(NC(=O)CN2CCN(C(=O)CNC(=O)c3ccc(F)cc3F)CC2)no1. The Morgan fingerprint density at radius 3 is 2.50 bits per heavy atom. The van der Waals surface area contributed by atoms with Gasteiger partial charge in [-0.25, -0.2) is 8.78 Å². The van der Waals surface area contributed by atoms with Crippen LogP contribution in [0.5, 0.6) is 0 Å². The second kappa shape index (κ2) is 9.44. The van der Waals surface area contributed by atoms with Crippen molar-refractivity contribution in [3.05, 3.63) is 47.2 Å². The number of carbonyl (C=O) groups is 3. The minimum absolute atomic E-state index is 0.147. The highest BCUT2D eigenvalue weighted by molar-refractivity contribution is 5.96. The number of benzene rings is 1. The third kappa shape index (κ3) is 5.60. The Kier molecular flexibility index (Phi) is 6.72. The number of nitrogens with one attached hydrogen (secondary N) is 2. The molecule has 1 aromatic carbocycles. The van der Waals surface area contributed by atoms with Crippen molar-refractivity contribution in [2.75, 3.05) is 44.6 Å². The smallest absolute Gasteiger partial charge is 0.254 e. The standard InChI is InChI=1S/C19H21F2N5O4/c1-12-8-16(24-30-12)23-17(27)11-25-4-6-26(7-5-25)18(28)10-22-19(29)14-3-2-13(20)9-15(14)21/h2-3,8-9H,4-7,10-11H2,1H3,(H,22,29)(H,23,24,27). The van der Waals surface area contributed by atoms with Crippen molar-refractivity contribution in [1.29, 1.82) is 0 Å². The highest BCUT2D eigenvalue weighted by Gasteiger charge is 2.23. The number of hydrogen-bond donors (Lipinski definition) is 2. The summed E-state index contributed by atoms with van der Waals surface area (Å²) in [7, 11) is 0. The van der Waals surface area contributed by atoms with Gasteiger partial charge in [-0.2, -0.15) is 0 Å². The van der Waals surface area contributed by atoms with Gasteiger partial charge in [-0.1, -0.05) is 5.16 Å². The Balaban J connectivity index is 1.40. The topological polar surface area (TPSA) is 108 Å². The maximum atomic E-state index is 13.6. The molecule has 0 aliphatic carbocycles. The number of halogens is 2. The number of carbonyl (C=O) groups excluding carboxylic acids is 3. The molecule has 11 heteroatoms. The summed E-state index contributed by atoms with van der Waals surface area (Å²) < 4.78 is 31.4. The number of anilines is 1. The summed E-state index contributed by atoms with van der Waals surface area (Å²) in [4.78, 5) is 39.8. The van der Waals surface area contributed by atoms with E-state index >= 15 is 0 Å². The number of rotatable bonds is 6.